The van der Waals surface area contributed by atoms with Crippen molar-refractivity contribution in [3.63, 3.8) is 0 Å². The fourth-order valence-electron chi connectivity index (χ4n) is 1.35. The van der Waals surface area contributed by atoms with E-state index in [0.717, 1.165) is 18.2 Å². The average molecular weight is 353 g/mol. The van der Waals surface area contributed by atoms with Crippen molar-refractivity contribution in [3.05, 3.63) is 24.0 Å². The second kappa shape index (κ2) is 6.49. The molecule has 1 aromatic rings. The Balaban J connectivity index is 3.03. The lowest BCUT2D eigenvalue weighted by Gasteiger charge is -2.19. The first-order valence-corrected chi connectivity index (χ1v) is 9.58. The highest BCUT2D eigenvalue weighted by atomic mass is 32.2. The van der Waals surface area contributed by atoms with Crippen molar-refractivity contribution in [1.29, 1.82) is 0 Å². The van der Waals surface area contributed by atoms with Crippen molar-refractivity contribution in [2.24, 2.45) is 5.73 Å². The SMILES string of the molecule is CCS(=O)(=O)Nc1ccc(S(=O)(=O)NCC(C)(C)N)cc1F. The fraction of sp³-hybridized carbons (Fsp3) is 0.500. The van der Waals surface area contributed by atoms with Crippen molar-refractivity contribution in [1.82, 2.24) is 4.72 Å². The van der Waals surface area contributed by atoms with Crippen LogP contribution in [0, 0.1) is 5.82 Å². The Kier molecular flexibility index (Phi) is 5.55. The van der Waals surface area contributed by atoms with Crippen LogP contribution in [0.4, 0.5) is 10.1 Å². The van der Waals surface area contributed by atoms with Gasteiger partial charge in [0, 0.05) is 12.1 Å². The number of rotatable bonds is 7. The van der Waals surface area contributed by atoms with E-state index < -0.39 is 31.4 Å². The maximum absolute atomic E-state index is 13.9. The molecule has 0 amide bonds. The van der Waals surface area contributed by atoms with Crippen LogP contribution >= 0.6 is 0 Å². The normalized spacial score (nSPS) is 13.1. The Hall–Kier alpha value is -1.23. The highest BCUT2D eigenvalue weighted by Gasteiger charge is 2.20. The minimum absolute atomic E-state index is 0.0266. The standard InChI is InChI=1S/C12H20FN3O4S2/c1-4-21(17,18)16-11-6-5-9(7-10(11)13)22(19,20)15-8-12(2,3)14/h5-7,15-16H,4,8,14H2,1-3H3. The first kappa shape index (κ1) is 18.8. The zero-order valence-corrected chi connectivity index (χ0v) is 14.2. The summed E-state index contributed by atoms with van der Waals surface area (Å²) in [5.41, 5.74) is 4.61. The zero-order chi connectivity index (χ0) is 17.2. The van der Waals surface area contributed by atoms with Crippen LogP contribution < -0.4 is 15.2 Å². The van der Waals surface area contributed by atoms with Crippen molar-refractivity contribution < 1.29 is 21.2 Å². The highest BCUT2D eigenvalue weighted by Crippen LogP contribution is 2.20. The summed E-state index contributed by atoms with van der Waals surface area (Å²) in [4.78, 5) is -0.311. The molecule has 0 heterocycles. The van der Waals surface area contributed by atoms with Gasteiger partial charge in [0.1, 0.15) is 5.82 Å². The van der Waals surface area contributed by atoms with Gasteiger partial charge in [-0.2, -0.15) is 0 Å². The molecule has 0 unspecified atom stereocenters. The molecule has 0 aromatic heterocycles. The van der Waals surface area contributed by atoms with E-state index in [1.165, 1.54) is 6.92 Å². The summed E-state index contributed by atoms with van der Waals surface area (Å²) in [6.07, 6.45) is 0. The summed E-state index contributed by atoms with van der Waals surface area (Å²) >= 11 is 0. The first-order valence-electron chi connectivity index (χ1n) is 6.45. The molecule has 0 aliphatic carbocycles. The molecule has 0 spiro atoms. The van der Waals surface area contributed by atoms with Gasteiger partial charge in [-0.05, 0) is 39.0 Å². The molecule has 0 aliphatic rings. The summed E-state index contributed by atoms with van der Waals surface area (Å²) in [7, 11) is -7.57. The maximum atomic E-state index is 13.9. The lowest BCUT2D eigenvalue weighted by molar-refractivity contribution is 0.497. The van der Waals surface area contributed by atoms with Crippen LogP contribution in [0.15, 0.2) is 23.1 Å². The van der Waals surface area contributed by atoms with E-state index in [2.05, 4.69) is 4.72 Å². The minimum atomic E-state index is -3.93. The molecule has 0 aliphatic heterocycles. The van der Waals surface area contributed by atoms with E-state index in [1.807, 2.05) is 4.72 Å². The van der Waals surface area contributed by atoms with Crippen molar-refractivity contribution in [3.8, 4) is 0 Å². The monoisotopic (exact) mass is 353 g/mol. The van der Waals surface area contributed by atoms with Crippen LogP contribution in [0.2, 0.25) is 0 Å². The lowest BCUT2D eigenvalue weighted by atomic mass is 10.1. The molecule has 0 radical (unpaired) electrons. The quantitative estimate of drug-likeness (QED) is 0.663. The van der Waals surface area contributed by atoms with Crippen molar-refractivity contribution in [2.45, 2.75) is 31.2 Å². The minimum Gasteiger partial charge on any atom is -0.324 e. The van der Waals surface area contributed by atoms with Crippen LogP contribution in [0.5, 0.6) is 0 Å². The molecule has 126 valence electrons. The summed E-state index contributed by atoms with van der Waals surface area (Å²) in [6.45, 7) is 4.65. The van der Waals surface area contributed by atoms with E-state index in [4.69, 9.17) is 5.73 Å². The number of sulfonamides is 2. The third kappa shape index (κ3) is 5.52. The topological polar surface area (TPSA) is 118 Å². The van der Waals surface area contributed by atoms with Gasteiger partial charge in [-0.25, -0.2) is 25.9 Å². The molecule has 7 nitrogen and oxygen atoms in total. The van der Waals surface area contributed by atoms with Gasteiger partial charge in [0.25, 0.3) is 0 Å². The Morgan fingerprint density at radius 3 is 2.27 bits per heavy atom. The number of hydrogen-bond acceptors (Lipinski definition) is 5. The number of benzene rings is 1. The molecular formula is C12H20FN3O4S2. The molecule has 22 heavy (non-hydrogen) atoms. The molecule has 1 rings (SSSR count). The average Bonchev–Trinajstić information content (AvgIpc) is 2.38. The highest BCUT2D eigenvalue weighted by molar-refractivity contribution is 7.92. The van der Waals surface area contributed by atoms with Crippen molar-refractivity contribution >= 4 is 25.7 Å². The third-order valence-corrected chi connectivity index (χ3v) is 5.30. The Labute approximate surface area is 130 Å². The van der Waals surface area contributed by atoms with Gasteiger partial charge in [0.15, 0.2) is 0 Å². The van der Waals surface area contributed by atoms with Crippen LogP contribution in [-0.4, -0.2) is 34.7 Å². The Bertz CT molecular complexity index is 740. The lowest BCUT2D eigenvalue weighted by Crippen LogP contribution is -2.45. The smallest absolute Gasteiger partial charge is 0.240 e. The van der Waals surface area contributed by atoms with Gasteiger partial charge in [-0.15, -0.1) is 0 Å². The van der Waals surface area contributed by atoms with E-state index in [1.54, 1.807) is 13.8 Å². The van der Waals surface area contributed by atoms with Gasteiger partial charge < -0.3 is 5.73 Å². The number of halogens is 1. The second-order valence-electron chi connectivity index (χ2n) is 5.46. The summed E-state index contributed by atoms with van der Waals surface area (Å²) in [5, 5.41) is 0. The van der Waals surface area contributed by atoms with Crippen LogP contribution in [-0.2, 0) is 20.0 Å². The second-order valence-corrected chi connectivity index (χ2v) is 9.24. The molecule has 0 bridgehead atoms. The molecule has 10 heteroatoms. The zero-order valence-electron chi connectivity index (χ0n) is 12.6. The van der Waals surface area contributed by atoms with E-state index in [-0.39, 0.29) is 22.9 Å². The maximum Gasteiger partial charge on any atom is 0.240 e. The molecule has 0 fully saturated rings. The molecule has 0 atom stereocenters. The number of nitrogens with two attached hydrogens (primary N) is 1. The van der Waals surface area contributed by atoms with Crippen molar-refractivity contribution in [2.75, 3.05) is 17.0 Å². The summed E-state index contributed by atoms with van der Waals surface area (Å²) in [6, 6.07) is 2.92. The van der Waals surface area contributed by atoms with E-state index >= 15 is 0 Å². The number of anilines is 1. The Morgan fingerprint density at radius 1 is 1.23 bits per heavy atom. The fourth-order valence-corrected chi connectivity index (χ4v) is 3.23. The van der Waals surface area contributed by atoms with Gasteiger partial charge in [-0.1, -0.05) is 0 Å². The molecule has 4 N–H and O–H groups in total. The first-order chi connectivity index (χ1) is 9.86. The van der Waals surface area contributed by atoms with Gasteiger partial charge >= 0.3 is 0 Å². The Morgan fingerprint density at radius 2 is 1.82 bits per heavy atom. The number of nitrogens with one attached hydrogen (secondary N) is 2. The van der Waals surface area contributed by atoms with Crippen LogP contribution in [0.3, 0.4) is 0 Å². The summed E-state index contributed by atoms with van der Waals surface area (Å²) < 4.78 is 65.0. The van der Waals surface area contributed by atoms with E-state index in [9.17, 15) is 21.2 Å². The number of hydrogen-bond donors (Lipinski definition) is 3. The third-order valence-electron chi connectivity index (χ3n) is 2.61. The largest absolute Gasteiger partial charge is 0.324 e. The molecule has 0 saturated heterocycles. The van der Waals surface area contributed by atoms with Crippen LogP contribution in [0.1, 0.15) is 20.8 Å². The van der Waals surface area contributed by atoms with Gasteiger partial charge in [0.2, 0.25) is 20.0 Å². The molecular weight excluding hydrogens is 333 g/mol. The van der Waals surface area contributed by atoms with Crippen LogP contribution in [0.25, 0.3) is 0 Å². The summed E-state index contributed by atoms with van der Waals surface area (Å²) in [5.74, 6) is -1.20. The molecule has 1 aromatic carbocycles. The predicted molar refractivity (Wildman–Crippen MR) is 82.9 cm³/mol. The van der Waals surface area contributed by atoms with Gasteiger partial charge in [-0.3, -0.25) is 4.72 Å². The van der Waals surface area contributed by atoms with E-state index in [0.29, 0.717) is 0 Å². The predicted octanol–water partition coefficient (Wildman–Crippen LogP) is 0.603. The molecule has 0 saturated carbocycles. The van der Waals surface area contributed by atoms with Gasteiger partial charge in [0.05, 0.1) is 16.3 Å².